The molecule has 116 valence electrons. The number of amides is 1. The first-order chi connectivity index (χ1) is 9.76. The summed E-state index contributed by atoms with van der Waals surface area (Å²) in [6.07, 6.45) is 1.88. The Kier molecular flexibility index (Phi) is 4.66. The lowest BCUT2D eigenvalue weighted by Gasteiger charge is -2.25. The Morgan fingerprint density at radius 3 is 2.76 bits per heavy atom. The molecule has 0 radical (unpaired) electrons. The first-order valence-corrected chi connectivity index (χ1v) is 9.05. The van der Waals surface area contributed by atoms with Gasteiger partial charge in [0.25, 0.3) is 0 Å². The zero-order chi connectivity index (χ0) is 15.6. The van der Waals surface area contributed by atoms with Crippen molar-refractivity contribution in [3.63, 3.8) is 0 Å². The van der Waals surface area contributed by atoms with Crippen molar-refractivity contribution in [2.24, 2.45) is 5.92 Å². The number of halogens is 1. The molecule has 1 heterocycles. The van der Waals surface area contributed by atoms with Crippen molar-refractivity contribution in [2.75, 3.05) is 18.6 Å². The van der Waals surface area contributed by atoms with Crippen molar-refractivity contribution in [3.05, 3.63) is 35.6 Å². The minimum Gasteiger partial charge on any atom is -0.335 e. The van der Waals surface area contributed by atoms with Crippen LogP contribution in [-0.2, 0) is 14.6 Å². The number of likely N-dealkylation sites (tertiary alicyclic amines) is 1. The van der Waals surface area contributed by atoms with E-state index >= 15 is 0 Å². The lowest BCUT2D eigenvalue weighted by atomic mass is 10.0. The molecular formula is C15H20FNO3S. The third-order valence-corrected chi connectivity index (χ3v) is 4.70. The summed E-state index contributed by atoms with van der Waals surface area (Å²) < 4.78 is 35.7. The first-order valence-electron chi connectivity index (χ1n) is 6.99. The monoisotopic (exact) mass is 313 g/mol. The maximum absolute atomic E-state index is 13.4. The summed E-state index contributed by atoms with van der Waals surface area (Å²) in [5, 5.41) is 0. The number of hydrogen-bond donors (Lipinski definition) is 0. The quantitative estimate of drug-likeness (QED) is 0.856. The van der Waals surface area contributed by atoms with Gasteiger partial charge in [-0.1, -0.05) is 19.1 Å². The molecule has 4 nitrogen and oxygen atoms in total. The lowest BCUT2D eigenvalue weighted by Crippen LogP contribution is -2.32. The Bertz CT molecular complexity index is 630. The SMILES string of the molecule is C[C@H]1C[C@H](c2cccc(F)c2)N(C(=O)CCS(C)(=O)=O)C1. The predicted molar refractivity (Wildman–Crippen MR) is 79.0 cm³/mol. The highest BCUT2D eigenvalue weighted by molar-refractivity contribution is 7.90. The molecule has 0 spiro atoms. The van der Waals surface area contributed by atoms with Crippen LogP contribution >= 0.6 is 0 Å². The molecule has 0 saturated carbocycles. The third-order valence-electron chi connectivity index (χ3n) is 3.75. The summed E-state index contributed by atoms with van der Waals surface area (Å²) >= 11 is 0. The van der Waals surface area contributed by atoms with Gasteiger partial charge >= 0.3 is 0 Å². The van der Waals surface area contributed by atoms with Crippen LogP contribution in [0, 0.1) is 11.7 Å². The molecule has 1 aliphatic heterocycles. The van der Waals surface area contributed by atoms with Gasteiger partial charge in [-0.15, -0.1) is 0 Å². The molecule has 0 aromatic heterocycles. The zero-order valence-electron chi connectivity index (χ0n) is 12.3. The van der Waals surface area contributed by atoms with Crippen LogP contribution in [0.15, 0.2) is 24.3 Å². The fourth-order valence-electron chi connectivity index (χ4n) is 2.77. The van der Waals surface area contributed by atoms with E-state index in [1.54, 1.807) is 11.0 Å². The van der Waals surface area contributed by atoms with Gasteiger partial charge < -0.3 is 4.90 Å². The van der Waals surface area contributed by atoms with Gasteiger partial charge in [0, 0.05) is 19.2 Å². The number of nitrogens with zero attached hydrogens (tertiary/aromatic N) is 1. The molecule has 6 heteroatoms. The zero-order valence-corrected chi connectivity index (χ0v) is 13.1. The Balaban J connectivity index is 2.15. The summed E-state index contributed by atoms with van der Waals surface area (Å²) in [6.45, 7) is 2.62. The molecule has 1 fully saturated rings. The summed E-state index contributed by atoms with van der Waals surface area (Å²) in [5.41, 5.74) is 0.770. The molecule has 0 bridgehead atoms. The van der Waals surface area contributed by atoms with Crippen LogP contribution in [-0.4, -0.2) is 37.8 Å². The summed E-state index contributed by atoms with van der Waals surface area (Å²) in [5.74, 6) is -0.331. The Hall–Kier alpha value is -1.43. The van der Waals surface area contributed by atoms with E-state index in [2.05, 4.69) is 0 Å². The van der Waals surface area contributed by atoms with Gasteiger partial charge in [-0.2, -0.15) is 0 Å². The number of carbonyl (C=O) groups excluding carboxylic acids is 1. The van der Waals surface area contributed by atoms with Crippen LogP contribution < -0.4 is 0 Å². The van der Waals surface area contributed by atoms with E-state index in [1.807, 2.05) is 13.0 Å². The molecule has 21 heavy (non-hydrogen) atoms. The summed E-state index contributed by atoms with van der Waals surface area (Å²) in [6, 6.07) is 6.09. The van der Waals surface area contributed by atoms with Crippen molar-refractivity contribution >= 4 is 15.7 Å². The summed E-state index contributed by atoms with van der Waals surface area (Å²) in [7, 11) is -3.16. The molecule has 1 aromatic carbocycles. The van der Waals surface area contributed by atoms with Crippen molar-refractivity contribution < 1.29 is 17.6 Å². The molecule has 2 atom stereocenters. The second-order valence-electron chi connectivity index (χ2n) is 5.84. The van der Waals surface area contributed by atoms with Crippen LogP contribution in [0.1, 0.15) is 31.4 Å². The van der Waals surface area contributed by atoms with E-state index in [0.717, 1.165) is 18.2 Å². The van der Waals surface area contributed by atoms with Crippen molar-refractivity contribution in [3.8, 4) is 0 Å². The van der Waals surface area contributed by atoms with E-state index in [1.165, 1.54) is 12.1 Å². The lowest BCUT2D eigenvalue weighted by molar-refractivity contribution is -0.131. The van der Waals surface area contributed by atoms with E-state index in [4.69, 9.17) is 0 Å². The van der Waals surface area contributed by atoms with Crippen molar-refractivity contribution in [1.82, 2.24) is 4.90 Å². The average molecular weight is 313 g/mol. The van der Waals surface area contributed by atoms with Crippen molar-refractivity contribution in [2.45, 2.75) is 25.8 Å². The van der Waals surface area contributed by atoms with E-state index in [0.29, 0.717) is 12.5 Å². The van der Waals surface area contributed by atoms with Gasteiger partial charge in [0.2, 0.25) is 5.91 Å². The van der Waals surface area contributed by atoms with Gasteiger partial charge in [0.1, 0.15) is 15.7 Å². The standard InChI is InChI=1S/C15H20FNO3S/c1-11-8-14(12-4-3-5-13(16)9-12)17(10-11)15(18)6-7-21(2,19)20/h3-5,9,11,14H,6-8,10H2,1-2H3/t11-,14+/m0/s1. The second-order valence-corrected chi connectivity index (χ2v) is 8.10. The second kappa shape index (κ2) is 6.13. The number of hydrogen-bond acceptors (Lipinski definition) is 3. The van der Waals surface area contributed by atoms with E-state index in [9.17, 15) is 17.6 Å². The molecule has 2 rings (SSSR count). The Morgan fingerprint density at radius 1 is 1.43 bits per heavy atom. The molecule has 1 amide bonds. The van der Waals surface area contributed by atoms with Crippen LogP contribution in [0.4, 0.5) is 4.39 Å². The molecule has 1 saturated heterocycles. The van der Waals surface area contributed by atoms with Gasteiger partial charge in [-0.25, -0.2) is 12.8 Å². The molecule has 0 unspecified atom stereocenters. The Morgan fingerprint density at radius 2 is 2.14 bits per heavy atom. The first kappa shape index (κ1) is 15.9. The van der Waals surface area contributed by atoms with Gasteiger partial charge in [0.05, 0.1) is 11.8 Å². The van der Waals surface area contributed by atoms with Gasteiger partial charge in [0.15, 0.2) is 0 Å². The molecule has 0 aliphatic carbocycles. The Labute approximate surface area is 124 Å². The number of rotatable bonds is 4. The highest BCUT2D eigenvalue weighted by Crippen LogP contribution is 2.35. The molecule has 0 N–H and O–H groups in total. The van der Waals surface area contributed by atoms with Gasteiger partial charge in [-0.3, -0.25) is 4.79 Å². The normalized spacial score (nSPS) is 22.5. The minimum atomic E-state index is -3.16. The highest BCUT2D eigenvalue weighted by Gasteiger charge is 2.34. The number of sulfone groups is 1. The van der Waals surface area contributed by atoms with Gasteiger partial charge in [-0.05, 0) is 30.0 Å². The predicted octanol–water partition coefficient (Wildman–Crippen LogP) is 2.17. The van der Waals surface area contributed by atoms with Crippen molar-refractivity contribution in [1.29, 1.82) is 0 Å². The smallest absolute Gasteiger partial charge is 0.224 e. The van der Waals surface area contributed by atoms with Crippen LogP contribution in [0.5, 0.6) is 0 Å². The highest BCUT2D eigenvalue weighted by atomic mass is 32.2. The van der Waals surface area contributed by atoms with E-state index in [-0.39, 0.29) is 29.9 Å². The largest absolute Gasteiger partial charge is 0.335 e. The maximum Gasteiger partial charge on any atom is 0.224 e. The number of benzene rings is 1. The fourth-order valence-corrected chi connectivity index (χ4v) is 3.31. The average Bonchev–Trinajstić information content (AvgIpc) is 2.77. The third kappa shape index (κ3) is 4.27. The van der Waals surface area contributed by atoms with Crippen LogP contribution in [0.3, 0.4) is 0 Å². The van der Waals surface area contributed by atoms with Crippen LogP contribution in [0.25, 0.3) is 0 Å². The number of carbonyl (C=O) groups is 1. The molecule has 1 aromatic rings. The maximum atomic E-state index is 13.4. The molecule has 1 aliphatic rings. The minimum absolute atomic E-state index is 0.0165. The topological polar surface area (TPSA) is 54.5 Å². The molecular weight excluding hydrogens is 293 g/mol. The fraction of sp³-hybridized carbons (Fsp3) is 0.533. The van der Waals surface area contributed by atoms with E-state index < -0.39 is 9.84 Å². The van der Waals surface area contributed by atoms with Crippen LogP contribution in [0.2, 0.25) is 0 Å². The summed E-state index contributed by atoms with van der Waals surface area (Å²) in [4.78, 5) is 14.0.